The molecule has 0 unspecified atom stereocenters. The van der Waals surface area contributed by atoms with E-state index in [9.17, 15) is 13.2 Å². The summed E-state index contributed by atoms with van der Waals surface area (Å²) >= 11 is 0. The SMILES string of the molecule is COc1c([C@H](N)C(F)(F)F)ccc2ccccc12. The van der Waals surface area contributed by atoms with E-state index < -0.39 is 12.2 Å². The van der Waals surface area contributed by atoms with Crippen LogP contribution in [0.4, 0.5) is 13.2 Å². The molecule has 0 aromatic heterocycles. The van der Waals surface area contributed by atoms with E-state index in [0.29, 0.717) is 5.39 Å². The third kappa shape index (κ3) is 2.13. The van der Waals surface area contributed by atoms with Gasteiger partial charge in [0.05, 0.1) is 7.11 Å². The Kier molecular flexibility index (Phi) is 3.17. The normalized spacial score (nSPS) is 13.6. The molecule has 0 bridgehead atoms. The number of nitrogens with two attached hydrogens (primary N) is 1. The molecule has 0 spiro atoms. The molecular weight excluding hydrogens is 243 g/mol. The first kappa shape index (κ1) is 12.7. The van der Waals surface area contributed by atoms with Crippen LogP contribution < -0.4 is 10.5 Å². The number of hydrogen-bond acceptors (Lipinski definition) is 2. The lowest BCUT2D eigenvalue weighted by Crippen LogP contribution is -2.28. The third-order valence-electron chi connectivity index (χ3n) is 2.80. The van der Waals surface area contributed by atoms with Gasteiger partial charge in [0.2, 0.25) is 0 Å². The fourth-order valence-electron chi connectivity index (χ4n) is 1.91. The first-order valence-corrected chi connectivity index (χ1v) is 5.33. The molecule has 0 fully saturated rings. The van der Waals surface area contributed by atoms with Crippen LogP contribution in [0.25, 0.3) is 10.8 Å². The Hall–Kier alpha value is -1.75. The van der Waals surface area contributed by atoms with Crippen molar-refractivity contribution in [3.8, 4) is 5.75 Å². The summed E-state index contributed by atoms with van der Waals surface area (Å²) in [6, 6.07) is 8.00. The van der Waals surface area contributed by atoms with E-state index in [1.54, 1.807) is 24.3 Å². The van der Waals surface area contributed by atoms with Gasteiger partial charge in [-0.25, -0.2) is 0 Å². The van der Waals surface area contributed by atoms with Crippen LogP contribution in [0.1, 0.15) is 11.6 Å². The van der Waals surface area contributed by atoms with Crippen molar-refractivity contribution in [2.45, 2.75) is 12.2 Å². The molecule has 0 radical (unpaired) electrons. The van der Waals surface area contributed by atoms with Gasteiger partial charge >= 0.3 is 6.18 Å². The highest BCUT2D eigenvalue weighted by Gasteiger charge is 2.39. The summed E-state index contributed by atoms with van der Waals surface area (Å²) < 4.78 is 43.1. The van der Waals surface area contributed by atoms with Gasteiger partial charge in [0.25, 0.3) is 0 Å². The Bertz CT molecular complexity index is 566. The quantitative estimate of drug-likeness (QED) is 0.892. The highest BCUT2D eigenvalue weighted by Crippen LogP contribution is 2.39. The number of ether oxygens (including phenoxy) is 1. The van der Waals surface area contributed by atoms with E-state index in [4.69, 9.17) is 10.5 Å². The molecule has 1 atom stereocenters. The molecule has 2 aromatic rings. The molecule has 0 aliphatic heterocycles. The fraction of sp³-hybridized carbons (Fsp3) is 0.231. The maximum Gasteiger partial charge on any atom is 0.407 e. The summed E-state index contributed by atoms with van der Waals surface area (Å²) in [7, 11) is 1.34. The molecule has 96 valence electrons. The van der Waals surface area contributed by atoms with Crippen LogP contribution in [-0.2, 0) is 0 Å². The summed E-state index contributed by atoms with van der Waals surface area (Å²) in [6.07, 6.45) is -4.49. The molecule has 18 heavy (non-hydrogen) atoms. The molecule has 2 N–H and O–H groups in total. The van der Waals surface area contributed by atoms with Crippen LogP contribution in [0.3, 0.4) is 0 Å². The second-order valence-electron chi connectivity index (χ2n) is 3.93. The highest BCUT2D eigenvalue weighted by atomic mass is 19.4. The van der Waals surface area contributed by atoms with Gasteiger partial charge in [-0.05, 0) is 5.39 Å². The maximum atomic E-state index is 12.7. The van der Waals surface area contributed by atoms with Crippen molar-refractivity contribution in [1.29, 1.82) is 0 Å². The summed E-state index contributed by atoms with van der Waals surface area (Å²) in [5, 5.41) is 1.43. The third-order valence-corrected chi connectivity index (χ3v) is 2.80. The Morgan fingerprint density at radius 3 is 2.39 bits per heavy atom. The second-order valence-corrected chi connectivity index (χ2v) is 3.93. The lowest BCUT2D eigenvalue weighted by molar-refractivity contribution is -0.149. The van der Waals surface area contributed by atoms with Gasteiger partial charge in [0, 0.05) is 10.9 Å². The topological polar surface area (TPSA) is 35.2 Å². The van der Waals surface area contributed by atoms with Crippen LogP contribution in [0.15, 0.2) is 36.4 Å². The van der Waals surface area contributed by atoms with E-state index in [1.165, 1.54) is 13.2 Å². The zero-order valence-corrected chi connectivity index (χ0v) is 9.66. The van der Waals surface area contributed by atoms with Crippen molar-refractivity contribution in [2.24, 2.45) is 5.73 Å². The highest BCUT2D eigenvalue weighted by molar-refractivity contribution is 5.89. The smallest absolute Gasteiger partial charge is 0.407 e. The number of methoxy groups -OCH3 is 1. The van der Waals surface area contributed by atoms with Crippen LogP contribution in [-0.4, -0.2) is 13.3 Å². The Morgan fingerprint density at radius 2 is 1.78 bits per heavy atom. The zero-order chi connectivity index (χ0) is 13.3. The van der Waals surface area contributed by atoms with Crippen LogP contribution in [0.2, 0.25) is 0 Å². The van der Waals surface area contributed by atoms with E-state index >= 15 is 0 Å². The van der Waals surface area contributed by atoms with Crippen molar-refractivity contribution in [3.05, 3.63) is 42.0 Å². The predicted molar refractivity (Wildman–Crippen MR) is 63.5 cm³/mol. The van der Waals surface area contributed by atoms with Crippen LogP contribution >= 0.6 is 0 Å². The van der Waals surface area contributed by atoms with Gasteiger partial charge < -0.3 is 10.5 Å². The summed E-state index contributed by atoms with van der Waals surface area (Å²) in [5.74, 6) is 0.179. The lowest BCUT2D eigenvalue weighted by Gasteiger charge is -2.19. The van der Waals surface area contributed by atoms with E-state index in [-0.39, 0.29) is 11.3 Å². The summed E-state index contributed by atoms with van der Waals surface area (Å²) in [4.78, 5) is 0. The zero-order valence-electron chi connectivity index (χ0n) is 9.66. The summed E-state index contributed by atoms with van der Waals surface area (Å²) in [6.45, 7) is 0. The van der Waals surface area contributed by atoms with Crippen molar-refractivity contribution in [2.75, 3.05) is 7.11 Å². The van der Waals surface area contributed by atoms with Crippen LogP contribution in [0.5, 0.6) is 5.75 Å². The molecule has 0 aliphatic rings. The number of hydrogen-bond donors (Lipinski definition) is 1. The number of halogens is 3. The van der Waals surface area contributed by atoms with Crippen molar-refractivity contribution in [1.82, 2.24) is 0 Å². The van der Waals surface area contributed by atoms with Gasteiger partial charge in [-0.2, -0.15) is 13.2 Å². The molecule has 0 aliphatic carbocycles. The average molecular weight is 255 g/mol. The minimum atomic E-state index is -4.49. The fourth-order valence-corrected chi connectivity index (χ4v) is 1.91. The Morgan fingerprint density at radius 1 is 1.11 bits per heavy atom. The largest absolute Gasteiger partial charge is 0.496 e. The monoisotopic (exact) mass is 255 g/mol. The molecule has 0 saturated heterocycles. The first-order valence-electron chi connectivity index (χ1n) is 5.33. The molecule has 0 amide bonds. The molecule has 0 heterocycles. The average Bonchev–Trinajstić information content (AvgIpc) is 2.35. The maximum absolute atomic E-state index is 12.7. The molecule has 2 aromatic carbocycles. The van der Waals surface area contributed by atoms with Gasteiger partial charge in [0.1, 0.15) is 11.8 Å². The van der Waals surface area contributed by atoms with Gasteiger partial charge in [-0.3, -0.25) is 0 Å². The second kappa shape index (κ2) is 4.49. The minimum absolute atomic E-state index is 0.0521. The molecular formula is C13H12F3NO. The van der Waals surface area contributed by atoms with E-state index in [2.05, 4.69) is 0 Å². The predicted octanol–water partition coefficient (Wildman–Crippen LogP) is 3.41. The van der Waals surface area contributed by atoms with Crippen LogP contribution in [0, 0.1) is 0 Å². The molecule has 0 saturated carbocycles. The number of benzene rings is 2. The number of alkyl halides is 3. The van der Waals surface area contributed by atoms with Gasteiger partial charge in [-0.1, -0.05) is 36.4 Å². The summed E-state index contributed by atoms with van der Waals surface area (Å²) in [5.41, 5.74) is 5.18. The first-order chi connectivity index (χ1) is 8.45. The molecule has 5 heteroatoms. The van der Waals surface area contributed by atoms with Gasteiger partial charge in [-0.15, -0.1) is 0 Å². The number of fused-ring (bicyclic) bond motifs is 1. The number of rotatable bonds is 2. The molecule has 2 nitrogen and oxygen atoms in total. The van der Waals surface area contributed by atoms with Crippen molar-refractivity contribution >= 4 is 10.8 Å². The molecule has 2 rings (SSSR count). The van der Waals surface area contributed by atoms with Crippen molar-refractivity contribution < 1.29 is 17.9 Å². The van der Waals surface area contributed by atoms with Crippen molar-refractivity contribution in [3.63, 3.8) is 0 Å². The van der Waals surface area contributed by atoms with E-state index in [1.807, 2.05) is 6.07 Å². The standard InChI is InChI=1S/C13H12F3NO/c1-18-11-9-5-3-2-4-8(9)6-7-10(11)12(17)13(14,15)16/h2-7,12H,17H2,1H3/t12-/m0/s1. The van der Waals surface area contributed by atoms with E-state index in [0.717, 1.165) is 5.39 Å². The lowest BCUT2D eigenvalue weighted by atomic mass is 10.0. The Labute approximate surface area is 102 Å². The van der Waals surface area contributed by atoms with Gasteiger partial charge in [0.15, 0.2) is 0 Å². The minimum Gasteiger partial charge on any atom is -0.496 e. The Balaban J connectivity index is 2.65.